The molecule has 0 amide bonds. The molecule has 0 aliphatic heterocycles. The van der Waals surface area contributed by atoms with Crippen molar-refractivity contribution in [1.29, 1.82) is 0 Å². The molecular weight excluding hydrogens is 590 g/mol. The van der Waals surface area contributed by atoms with Gasteiger partial charge in [0.15, 0.2) is 34.7 Å². The molecule has 45 heavy (non-hydrogen) atoms. The third kappa shape index (κ3) is 5.76. The van der Waals surface area contributed by atoms with E-state index in [2.05, 4.69) is 56.1 Å². The Morgan fingerprint density at radius 1 is 0.956 bits per heavy atom. The van der Waals surface area contributed by atoms with Crippen LogP contribution in [0.2, 0.25) is 0 Å². The van der Waals surface area contributed by atoms with Crippen LogP contribution in [0.5, 0.6) is 5.88 Å². The molecule has 20 heteroatoms. The smallest absolute Gasteiger partial charge is 0.343 e. The van der Waals surface area contributed by atoms with Gasteiger partial charge < -0.3 is 20.3 Å². The Hall–Kier alpha value is -6.18. The topological polar surface area (TPSA) is 242 Å². The molecule has 0 bridgehead atoms. The minimum absolute atomic E-state index is 0.00856. The van der Waals surface area contributed by atoms with Gasteiger partial charge in [-0.05, 0) is 13.8 Å². The zero-order chi connectivity index (χ0) is 32.4. The molecule has 20 nitrogen and oxygen atoms in total. The Bertz CT molecular complexity index is 1980. The second kappa shape index (κ2) is 12.2. The van der Waals surface area contributed by atoms with Crippen molar-refractivity contribution in [2.24, 2.45) is 34.6 Å². The van der Waals surface area contributed by atoms with E-state index < -0.39 is 18.4 Å². The first kappa shape index (κ1) is 30.3. The molecule has 0 atom stereocenters. The zero-order valence-electron chi connectivity index (χ0n) is 24.9. The van der Waals surface area contributed by atoms with Crippen LogP contribution in [0.3, 0.4) is 0 Å². The number of Topliss-reactive ketones (excluding diaryl/α,β-unsaturated/α-hetero) is 1. The summed E-state index contributed by atoms with van der Waals surface area (Å²) in [5.41, 5.74) is 1.81. The first-order chi connectivity index (χ1) is 21.6. The molecule has 0 aliphatic rings. The lowest BCUT2D eigenvalue weighted by Crippen LogP contribution is -2.09. The Balaban J connectivity index is 1.49. The van der Waals surface area contributed by atoms with Gasteiger partial charge in [-0.15, -0.1) is 20.5 Å². The van der Waals surface area contributed by atoms with E-state index in [1.807, 2.05) is 0 Å². The number of carbonyl (C=O) groups is 2. The molecule has 0 aliphatic carbocycles. The Labute approximate surface area is 253 Å². The Morgan fingerprint density at radius 2 is 1.62 bits per heavy atom. The number of hydrogen-bond acceptors (Lipinski definition) is 16. The molecule has 0 unspecified atom stereocenters. The molecule has 0 fully saturated rings. The molecule has 0 saturated carbocycles. The number of aliphatic hydroxyl groups excluding tert-OH is 1. The number of ketones is 1. The van der Waals surface area contributed by atoms with Crippen LogP contribution >= 0.6 is 0 Å². The molecule has 3 N–H and O–H groups in total. The van der Waals surface area contributed by atoms with Gasteiger partial charge in [-0.2, -0.15) is 35.0 Å². The van der Waals surface area contributed by atoms with Gasteiger partial charge in [0.05, 0.1) is 42.7 Å². The number of carbonyl (C=O) groups excluding carboxylic acids is 2. The predicted molar refractivity (Wildman–Crippen MR) is 154 cm³/mol. The number of rotatable bonds is 10. The number of azo groups is 2. The second-order valence-corrected chi connectivity index (χ2v) is 9.36. The van der Waals surface area contributed by atoms with E-state index in [9.17, 15) is 19.8 Å². The largest absolute Gasteiger partial charge is 0.493 e. The normalized spacial score (nSPS) is 11.6. The van der Waals surface area contributed by atoms with Crippen molar-refractivity contribution in [1.82, 2.24) is 49.1 Å². The number of esters is 1. The first-order valence-corrected chi connectivity index (χ1v) is 13.1. The molecule has 5 aromatic rings. The fourth-order valence-electron chi connectivity index (χ4n) is 4.14. The number of hydrogen-bond donors (Lipinski definition) is 3. The highest BCUT2D eigenvalue weighted by Crippen LogP contribution is 2.33. The van der Waals surface area contributed by atoms with Gasteiger partial charge in [-0.1, -0.05) is 0 Å². The SMILES string of the molecule is CNc1c(N=Nc2c(C(=O)CO)cnn2C)c(C)nn1-c1cc(O)nc(-n2cc(N=Nc3c(C(=O)OC)cnn3C)c(C)n2)n1. The fraction of sp³-hybridized carbons (Fsp3) is 0.280. The monoisotopic (exact) mass is 617 g/mol. The van der Waals surface area contributed by atoms with E-state index in [1.165, 1.54) is 50.5 Å². The van der Waals surface area contributed by atoms with Crippen LogP contribution < -0.4 is 5.32 Å². The van der Waals surface area contributed by atoms with Gasteiger partial charge >= 0.3 is 5.97 Å². The quantitative estimate of drug-likeness (QED) is 0.116. The summed E-state index contributed by atoms with van der Waals surface area (Å²) in [6.45, 7) is 2.68. The number of aromatic nitrogens is 10. The van der Waals surface area contributed by atoms with E-state index >= 15 is 0 Å². The van der Waals surface area contributed by atoms with Gasteiger partial charge in [0.1, 0.15) is 17.9 Å². The maximum Gasteiger partial charge on any atom is 0.343 e. The number of aryl methyl sites for hydroxylation is 4. The molecule has 5 rings (SSSR count). The van der Waals surface area contributed by atoms with Crippen molar-refractivity contribution in [2.45, 2.75) is 13.8 Å². The van der Waals surface area contributed by atoms with Gasteiger partial charge in [0.2, 0.25) is 5.88 Å². The summed E-state index contributed by atoms with van der Waals surface area (Å²) in [6, 6.07) is 1.30. The molecule has 0 radical (unpaired) electrons. The van der Waals surface area contributed by atoms with Crippen molar-refractivity contribution < 1.29 is 24.5 Å². The molecule has 5 heterocycles. The van der Waals surface area contributed by atoms with Crippen molar-refractivity contribution >= 4 is 40.6 Å². The number of nitrogens with one attached hydrogen (secondary N) is 1. The van der Waals surface area contributed by atoms with Crippen molar-refractivity contribution in [2.75, 3.05) is 26.1 Å². The Kier molecular flexibility index (Phi) is 8.21. The standard InChI is InChI=1S/C25H27N15O5/c1-12-16(31-33-22-15(24(44)45-6)9-28-38(22)5)10-39(35-12)25-29-18(7-19(43)30-25)40-23(26-3)20(13(2)36-40)32-34-21-14(17(42)11-41)8-27-37(21)4/h7-10,26,41H,11H2,1-6H3,(H,29,30,43). The minimum atomic E-state index is -0.701. The van der Waals surface area contributed by atoms with Gasteiger partial charge in [0, 0.05) is 27.2 Å². The lowest BCUT2D eigenvalue weighted by molar-refractivity contribution is 0.0601. The van der Waals surface area contributed by atoms with Crippen LogP contribution in [0.15, 0.2) is 45.1 Å². The zero-order valence-corrected chi connectivity index (χ0v) is 24.9. The van der Waals surface area contributed by atoms with Gasteiger partial charge in [-0.25, -0.2) is 18.8 Å². The summed E-state index contributed by atoms with van der Waals surface area (Å²) in [7, 11) is 6.09. The number of ether oxygens (including phenoxy) is 1. The number of aromatic hydroxyl groups is 1. The summed E-state index contributed by atoms with van der Waals surface area (Å²) in [5, 5.41) is 56.6. The number of anilines is 1. The minimum Gasteiger partial charge on any atom is -0.493 e. The first-order valence-electron chi connectivity index (χ1n) is 13.1. The Morgan fingerprint density at radius 3 is 2.29 bits per heavy atom. The van der Waals surface area contributed by atoms with Crippen LogP contribution in [0.1, 0.15) is 32.1 Å². The summed E-state index contributed by atoms with van der Waals surface area (Å²) < 4.78 is 10.2. The van der Waals surface area contributed by atoms with Gasteiger partial charge in [-0.3, -0.25) is 4.79 Å². The molecule has 232 valence electrons. The molecule has 0 spiro atoms. The summed E-state index contributed by atoms with van der Waals surface area (Å²) in [5.74, 6) is -0.677. The molecular formula is C25H27N15O5. The third-order valence-electron chi connectivity index (χ3n) is 6.41. The third-order valence-corrected chi connectivity index (χ3v) is 6.41. The van der Waals surface area contributed by atoms with E-state index in [0.29, 0.717) is 28.6 Å². The number of aliphatic hydroxyl groups is 1. The van der Waals surface area contributed by atoms with Crippen molar-refractivity contribution in [3.63, 3.8) is 0 Å². The number of nitrogens with zero attached hydrogens (tertiary/aromatic N) is 14. The summed E-state index contributed by atoms with van der Waals surface area (Å²) >= 11 is 0. The van der Waals surface area contributed by atoms with E-state index in [0.717, 1.165) is 0 Å². The highest BCUT2D eigenvalue weighted by atomic mass is 16.5. The summed E-state index contributed by atoms with van der Waals surface area (Å²) in [6.07, 6.45) is 4.13. The predicted octanol–water partition coefficient (Wildman–Crippen LogP) is 2.47. The van der Waals surface area contributed by atoms with Crippen LogP contribution in [0.4, 0.5) is 28.8 Å². The van der Waals surface area contributed by atoms with Crippen LogP contribution in [-0.4, -0.2) is 91.8 Å². The molecule has 0 aromatic carbocycles. The van der Waals surface area contributed by atoms with Crippen molar-refractivity contribution in [3.05, 3.63) is 47.2 Å². The van der Waals surface area contributed by atoms with Crippen LogP contribution in [0, 0.1) is 13.8 Å². The second-order valence-electron chi connectivity index (χ2n) is 9.36. The fourth-order valence-corrected chi connectivity index (χ4v) is 4.14. The van der Waals surface area contributed by atoms with E-state index in [1.54, 1.807) is 35.0 Å². The lowest BCUT2D eigenvalue weighted by Gasteiger charge is -2.08. The highest BCUT2D eigenvalue weighted by molar-refractivity contribution is 6.00. The average Bonchev–Trinajstić information content (AvgIpc) is 3.78. The number of methoxy groups -OCH3 is 1. The van der Waals surface area contributed by atoms with Crippen LogP contribution in [0.25, 0.3) is 11.8 Å². The molecule has 0 saturated heterocycles. The molecule has 5 aromatic heterocycles. The maximum absolute atomic E-state index is 12.1. The van der Waals surface area contributed by atoms with E-state index in [4.69, 9.17) is 4.74 Å². The summed E-state index contributed by atoms with van der Waals surface area (Å²) in [4.78, 5) is 32.7. The maximum atomic E-state index is 12.1. The van der Waals surface area contributed by atoms with E-state index in [-0.39, 0.29) is 40.4 Å². The van der Waals surface area contributed by atoms with Crippen LogP contribution in [-0.2, 0) is 18.8 Å². The lowest BCUT2D eigenvalue weighted by atomic mass is 10.2. The average molecular weight is 618 g/mol. The highest BCUT2D eigenvalue weighted by Gasteiger charge is 2.21. The van der Waals surface area contributed by atoms with Gasteiger partial charge in [0.25, 0.3) is 5.95 Å². The van der Waals surface area contributed by atoms with Crippen molar-refractivity contribution in [3.8, 4) is 17.6 Å².